The molecule has 2 heterocycles. The molecule has 1 aromatic carbocycles. The summed E-state index contributed by atoms with van der Waals surface area (Å²) in [6, 6.07) is 8.72. The Morgan fingerprint density at radius 3 is 2.86 bits per heavy atom. The number of carboxylic acid groups (broad SMARTS) is 1. The molecule has 0 saturated carbocycles. The summed E-state index contributed by atoms with van der Waals surface area (Å²) >= 11 is 0. The molecule has 21 heavy (non-hydrogen) atoms. The molecule has 108 valence electrons. The third kappa shape index (κ3) is 2.57. The van der Waals surface area contributed by atoms with Crippen molar-refractivity contribution in [3.05, 3.63) is 42.2 Å². The first-order valence-corrected chi connectivity index (χ1v) is 6.62. The molecule has 1 fully saturated rings. The molecule has 0 aliphatic carbocycles. The minimum Gasteiger partial charge on any atom is -0.481 e. The standard InChI is InChI=1S/C15H14N2O4/c18-14(17-12-8-21-7-11(12)15(19)20)13-10-4-2-1-3-9(10)5-6-16-13/h1-6,11-12H,7-8H2,(H,17,18)(H,19,20). The van der Waals surface area contributed by atoms with E-state index < -0.39 is 17.9 Å². The SMILES string of the molecule is O=C(NC1COCC1C(=O)O)c1nccc2ccccc12. The van der Waals surface area contributed by atoms with E-state index in [-0.39, 0.29) is 19.1 Å². The number of hydrogen-bond donors (Lipinski definition) is 2. The second-order valence-corrected chi connectivity index (χ2v) is 4.94. The van der Waals surface area contributed by atoms with E-state index >= 15 is 0 Å². The van der Waals surface area contributed by atoms with Gasteiger partial charge in [0, 0.05) is 11.6 Å². The third-order valence-electron chi connectivity index (χ3n) is 3.60. The molecule has 0 radical (unpaired) electrons. The van der Waals surface area contributed by atoms with Crippen molar-refractivity contribution in [2.45, 2.75) is 6.04 Å². The Morgan fingerprint density at radius 1 is 1.24 bits per heavy atom. The summed E-state index contributed by atoms with van der Waals surface area (Å²) in [4.78, 5) is 27.6. The quantitative estimate of drug-likeness (QED) is 0.881. The summed E-state index contributed by atoms with van der Waals surface area (Å²) in [6.07, 6.45) is 1.57. The summed E-state index contributed by atoms with van der Waals surface area (Å²) in [5.41, 5.74) is 0.295. The van der Waals surface area contributed by atoms with E-state index in [0.29, 0.717) is 5.69 Å². The number of nitrogens with one attached hydrogen (secondary N) is 1. The second kappa shape index (κ2) is 5.49. The molecule has 0 spiro atoms. The molecule has 6 heteroatoms. The van der Waals surface area contributed by atoms with E-state index in [0.717, 1.165) is 10.8 Å². The smallest absolute Gasteiger partial charge is 0.311 e. The fraction of sp³-hybridized carbons (Fsp3) is 0.267. The summed E-state index contributed by atoms with van der Waals surface area (Å²) in [5.74, 6) is -2.07. The highest BCUT2D eigenvalue weighted by Gasteiger charge is 2.35. The van der Waals surface area contributed by atoms with Gasteiger partial charge in [0.25, 0.3) is 5.91 Å². The molecular weight excluding hydrogens is 272 g/mol. The van der Waals surface area contributed by atoms with Gasteiger partial charge in [-0.15, -0.1) is 0 Å². The lowest BCUT2D eigenvalue weighted by atomic mass is 10.0. The van der Waals surface area contributed by atoms with Crippen LogP contribution in [0.2, 0.25) is 0 Å². The van der Waals surface area contributed by atoms with Crippen LogP contribution in [-0.2, 0) is 9.53 Å². The molecule has 1 saturated heterocycles. The van der Waals surface area contributed by atoms with Crippen LogP contribution in [0.5, 0.6) is 0 Å². The Bertz CT molecular complexity index is 696. The topological polar surface area (TPSA) is 88.5 Å². The second-order valence-electron chi connectivity index (χ2n) is 4.94. The molecule has 2 unspecified atom stereocenters. The van der Waals surface area contributed by atoms with E-state index in [4.69, 9.17) is 9.84 Å². The predicted molar refractivity (Wildman–Crippen MR) is 74.9 cm³/mol. The number of hydrogen-bond acceptors (Lipinski definition) is 4. The van der Waals surface area contributed by atoms with Crippen molar-refractivity contribution in [3.8, 4) is 0 Å². The Balaban J connectivity index is 1.86. The highest BCUT2D eigenvalue weighted by atomic mass is 16.5. The van der Waals surface area contributed by atoms with Crippen molar-refractivity contribution in [2.24, 2.45) is 5.92 Å². The summed E-state index contributed by atoms with van der Waals surface area (Å²) < 4.78 is 5.14. The predicted octanol–water partition coefficient (Wildman–Crippen LogP) is 1.06. The molecule has 1 aliphatic rings. The van der Waals surface area contributed by atoms with Gasteiger partial charge in [-0.2, -0.15) is 0 Å². The number of pyridine rings is 1. The van der Waals surface area contributed by atoms with E-state index in [1.807, 2.05) is 30.3 Å². The van der Waals surface area contributed by atoms with Crippen molar-refractivity contribution in [1.82, 2.24) is 10.3 Å². The van der Waals surface area contributed by atoms with Gasteiger partial charge in [-0.1, -0.05) is 24.3 Å². The first-order chi connectivity index (χ1) is 10.2. The zero-order valence-corrected chi connectivity index (χ0v) is 11.2. The third-order valence-corrected chi connectivity index (χ3v) is 3.60. The van der Waals surface area contributed by atoms with Crippen LogP contribution in [0.15, 0.2) is 36.5 Å². The van der Waals surface area contributed by atoms with E-state index in [1.54, 1.807) is 6.20 Å². The lowest BCUT2D eigenvalue weighted by Gasteiger charge is -2.15. The van der Waals surface area contributed by atoms with Gasteiger partial charge >= 0.3 is 5.97 Å². The van der Waals surface area contributed by atoms with Gasteiger partial charge in [0.1, 0.15) is 11.6 Å². The Hall–Kier alpha value is -2.47. The van der Waals surface area contributed by atoms with E-state index in [2.05, 4.69) is 10.3 Å². The van der Waals surface area contributed by atoms with Crippen molar-refractivity contribution in [1.29, 1.82) is 0 Å². The summed E-state index contributed by atoms with van der Waals surface area (Å²) in [7, 11) is 0. The Kier molecular flexibility index (Phi) is 3.53. The maximum Gasteiger partial charge on any atom is 0.311 e. The molecular formula is C15H14N2O4. The van der Waals surface area contributed by atoms with Gasteiger partial charge in [-0.05, 0) is 11.5 Å². The van der Waals surface area contributed by atoms with Gasteiger partial charge in [-0.3, -0.25) is 14.6 Å². The van der Waals surface area contributed by atoms with Crippen LogP contribution < -0.4 is 5.32 Å². The number of fused-ring (bicyclic) bond motifs is 1. The molecule has 1 aliphatic heterocycles. The minimum atomic E-state index is -0.969. The van der Waals surface area contributed by atoms with Crippen LogP contribution in [0.4, 0.5) is 0 Å². The molecule has 2 N–H and O–H groups in total. The number of carbonyl (C=O) groups is 2. The van der Waals surface area contributed by atoms with Crippen molar-refractivity contribution in [3.63, 3.8) is 0 Å². The molecule has 6 nitrogen and oxygen atoms in total. The summed E-state index contributed by atoms with van der Waals surface area (Å²) in [5, 5.41) is 13.5. The maximum atomic E-state index is 12.4. The first-order valence-electron chi connectivity index (χ1n) is 6.62. The van der Waals surface area contributed by atoms with Crippen molar-refractivity contribution >= 4 is 22.6 Å². The number of carboxylic acids is 1. The van der Waals surface area contributed by atoms with Crippen LogP contribution in [-0.4, -0.2) is 41.2 Å². The maximum absolute atomic E-state index is 12.4. The lowest BCUT2D eigenvalue weighted by Crippen LogP contribution is -2.43. The van der Waals surface area contributed by atoms with Crippen LogP contribution in [0.25, 0.3) is 10.8 Å². The monoisotopic (exact) mass is 286 g/mol. The van der Waals surface area contributed by atoms with Crippen LogP contribution in [0.3, 0.4) is 0 Å². The van der Waals surface area contributed by atoms with Gasteiger partial charge in [-0.25, -0.2) is 0 Å². The van der Waals surface area contributed by atoms with Crippen molar-refractivity contribution < 1.29 is 19.4 Å². The number of nitrogens with zero attached hydrogens (tertiary/aromatic N) is 1. The Morgan fingerprint density at radius 2 is 2.05 bits per heavy atom. The van der Waals surface area contributed by atoms with Crippen LogP contribution >= 0.6 is 0 Å². The Labute approximate surface area is 120 Å². The number of amides is 1. The number of ether oxygens (including phenoxy) is 1. The molecule has 0 bridgehead atoms. The average molecular weight is 286 g/mol. The largest absolute Gasteiger partial charge is 0.481 e. The minimum absolute atomic E-state index is 0.114. The van der Waals surface area contributed by atoms with Gasteiger partial charge < -0.3 is 15.2 Å². The number of carbonyl (C=O) groups excluding carboxylic acids is 1. The normalized spacial score (nSPS) is 21.3. The highest BCUT2D eigenvalue weighted by molar-refractivity contribution is 6.05. The van der Waals surface area contributed by atoms with E-state index in [1.165, 1.54) is 0 Å². The van der Waals surface area contributed by atoms with Gasteiger partial charge in [0.15, 0.2) is 0 Å². The molecule has 3 rings (SSSR count). The highest BCUT2D eigenvalue weighted by Crippen LogP contribution is 2.18. The van der Waals surface area contributed by atoms with Crippen molar-refractivity contribution in [2.75, 3.05) is 13.2 Å². The van der Waals surface area contributed by atoms with Gasteiger partial charge in [0.2, 0.25) is 0 Å². The molecule has 2 atom stereocenters. The first kappa shape index (κ1) is 13.5. The van der Waals surface area contributed by atoms with Crippen LogP contribution in [0, 0.1) is 5.92 Å². The van der Waals surface area contributed by atoms with Crippen LogP contribution in [0.1, 0.15) is 10.5 Å². The zero-order valence-electron chi connectivity index (χ0n) is 11.2. The van der Waals surface area contributed by atoms with Gasteiger partial charge in [0.05, 0.1) is 19.3 Å². The number of aromatic nitrogens is 1. The molecule has 1 aromatic heterocycles. The number of rotatable bonds is 3. The fourth-order valence-corrected chi connectivity index (χ4v) is 2.48. The lowest BCUT2D eigenvalue weighted by molar-refractivity contribution is -0.142. The van der Waals surface area contributed by atoms with E-state index in [9.17, 15) is 9.59 Å². The molecule has 2 aromatic rings. The number of aliphatic carboxylic acids is 1. The average Bonchev–Trinajstić information content (AvgIpc) is 2.95. The fourth-order valence-electron chi connectivity index (χ4n) is 2.48. The zero-order chi connectivity index (χ0) is 14.8. The number of benzene rings is 1. The molecule has 1 amide bonds. The summed E-state index contributed by atoms with van der Waals surface area (Å²) in [6.45, 7) is 0.316.